The van der Waals surface area contributed by atoms with Crippen molar-refractivity contribution in [1.82, 2.24) is 9.88 Å². The van der Waals surface area contributed by atoms with Crippen molar-refractivity contribution in [3.05, 3.63) is 53.5 Å². The lowest BCUT2D eigenvalue weighted by molar-refractivity contribution is 0.247. The highest BCUT2D eigenvalue weighted by Gasteiger charge is 2.19. The van der Waals surface area contributed by atoms with Gasteiger partial charge >= 0.3 is 0 Å². The van der Waals surface area contributed by atoms with Gasteiger partial charge in [-0.25, -0.2) is 4.98 Å². The summed E-state index contributed by atoms with van der Waals surface area (Å²) in [5.41, 5.74) is 3.38. The number of anilines is 1. The molecule has 7 heteroatoms. The fourth-order valence-corrected chi connectivity index (χ4v) is 4.49. The monoisotopic (exact) mass is 425 g/mol. The van der Waals surface area contributed by atoms with Crippen LogP contribution in [-0.2, 0) is 6.54 Å². The van der Waals surface area contributed by atoms with Crippen molar-refractivity contribution >= 4 is 17.0 Å². The molecule has 30 heavy (non-hydrogen) atoms. The summed E-state index contributed by atoms with van der Waals surface area (Å²) in [6, 6.07) is 14.2. The number of thiazole rings is 1. The minimum absolute atomic E-state index is 0.723. The first-order valence-electron chi connectivity index (χ1n) is 9.98. The van der Waals surface area contributed by atoms with Gasteiger partial charge < -0.3 is 19.1 Å². The fraction of sp³-hybridized carbons (Fsp3) is 0.348. The zero-order valence-electron chi connectivity index (χ0n) is 17.6. The highest BCUT2D eigenvalue weighted by atomic mass is 32.1. The van der Waals surface area contributed by atoms with Crippen molar-refractivity contribution in [2.24, 2.45) is 0 Å². The molecule has 0 atom stereocenters. The average Bonchev–Trinajstić information content (AvgIpc) is 3.27. The summed E-state index contributed by atoms with van der Waals surface area (Å²) < 4.78 is 16.1. The van der Waals surface area contributed by atoms with Crippen LogP contribution in [0.4, 0.5) is 5.69 Å². The number of hydrogen-bond acceptors (Lipinski definition) is 7. The molecule has 2 aromatic carbocycles. The molecule has 0 saturated carbocycles. The van der Waals surface area contributed by atoms with Crippen molar-refractivity contribution in [3.8, 4) is 27.8 Å². The summed E-state index contributed by atoms with van der Waals surface area (Å²) in [6.07, 6.45) is 0. The minimum atomic E-state index is 0.723. The first-order valence-corrected chi connectivity index (χ1v) is 10.9. The molecule has 0 radical (unpaired) electrons. The van der Waals surface area contributed by atoms with E-state index in [1.807, 2.05) is 30.3 Å². The van der Waals surface area contributed by atoms with Crippen LogP contribution in [-0.4, -0.2) is 57.4 Å². The normalized spacial score (nSPS) is 14.6. The van der Waals surface area contributed by atoms with Crippen LogP contribution in [0, 0.1) is 0 Å². The van der Waals surface area contributed by atoms with E-state index >= 15 is 0 Å². The Morgan fingerprint density at radius 2 is 1.70 bits per heavy atom. The molecular formula is C23H27N3O3S. The van der Waals surface area contributed by atoms with E-state index in [1.54, 1.807) is 32.7 Å². The molecule has 1 aromatic heterocycles. The molecule has 2 heterocycles. The standard InChI is InChI=1S/C23H27N3O3S/c1-27-20-6-4-5-19(14-20)26-11-9-25(10-12-26)15-18-16-30-23(24-18)17-7-8-21(28-2)22(13-17)29-3/h4-8,13-14,16H,9-12,15H2,1-3H3. The topological polar surface area (TPSA) is 47.1 Å². The van der Waals surface area contributed by atoms with Gasteiger partial charge in [0.05, 0.1) is 27.0 Å². The summed E-state index contributed by atoms with van der Waals surface area (Å²) >= 11 is 1.67. The van der Waals surface area contributed by atoms with Crippen LogP contribution in [0.1, 0.15) is 5.69 Å². The first kappa shape index (κ1) is 20.5. The molecule has 1 saturated heterocycles. The largest absolute Gasteiger partial charge is 0.497 e. The molecular weight excluding hydrogens is 398 g/mol. The number of rotatable bonds is 7. The second-order valence-corrected chi connectivity index (χ2v) is 8.04. The van der Waals surface area contributed by atoms with Crippen molar-refractivity contribution < 1.29 is 14.2 Å². The van der Waals surface area contributed by atoms with E-state index in [0.29, 0.717) is 0 Å². The maximum Gasteiger partial charge on any atom is 0.161 e. The number of nitrogens with zero attached hydrogens (tertiary/aromatic N) is 3. The van der Waals surface area contributed by atoms with Crippen LogP contribution >= 0.6 is 11.3 Å². The van der Waals surface area contributed by atoms with Gasteiger partial charge in [-0.3, -0.25) is 4.90 Å². The van der Waals surface area contributed by atoms with E-state index in [9.17, 15) is 0 Å². The third-order valence-electron chi connectivity index (χ3n) is 5.36. The van der Waals surface area contributed by atoms with E-state index in [2.05, 4.69) is 27.3 Å². The molecule has 0 unspecified atom stereocenters. The Kier molecular flexibility index (Phi) is 6.40. The quantitative estimate of drug-likeness (QED) is 0.567. The molecule has 0 bridgehead atoms. The Hall–Kier alpha value is -2.77. The van der Waals surface area contributed by atoms with E-state index < -0.39 is 0 Å². The van der Waals surface area contributed by atoms with Crippen LogP contribution in [0.3, 0.4) is 0 Å². The van der Waals surface area contributed by atoms with Crippen LogP contribution in [0.15, 0.2) is 47.8 Å². The van der Waals surface area contributed by atoms with E-state index in [4.69, 9.17) is 19.2 Å². The molecule has 0 spiro atoms. The smallest absolute Gasteiger partial charge is 0.161 e. The lowest BCUT2D eigenvalue weighted by Crippen LogP contribution is -2.46. The van der Waals surface area contributed by atoms with Gasteiger partial charge in [0.1, 0.15) is 10.8 Å². The molecule has 3 aromatic rings. The maximum atomic E-state index is 5.42. The number of piperazine rings is 1. The Labute approximate surface area is 181 Å². The molecule has 6 nitrogen and oxygen atoms in total. The average molecular weight is 426 g/mol. The third kappa shape index (κ3) is 4.52. The van der Waals surface area contributed by atoms with Gasteiger partial charge in [0.2, 0.25) is 0 Å². The van der Waals surface area contributed by atoms with E-state index in [-0.39, 0.29) is 0 Å². The summed E-state index contributed by atoms with van der Waals surface area (Å²) in [4.78, 5) is 9.73. The SMILES string of the molecule is COc1cccc(N2CCN(Cc3csc(-c4ccc(OC)c(OC)c4)n3)CC2)c1. The highest BCUT2D eigenvalue weighted by molar-refractivity contribution is 7.13. The summed E-state index contributed by atoms with van der Waals surface area (Å²) in [6.45, 7) is 4.90. The van der Waals surface area contributed by atoms with Crippen molar-refractivity contribution in [1.29, 1.82) is 0 Å². The van der Waals surface area contributed by atoms with Crippen LogP contribution in [0.25, 0.3) is 10.6 Å². The highest BCUT2D eigenvalue weighted by Crippen LogP contribution is 2.33. The zero-order valence-corrected chi connectivity index (χ0v) is 18.4. The van der Waals surface area contributed by atoms with Gasteiger partial charge in [-0.15, -0.1) is 11.3 Å². The Bertz CT molecular complexity index is 983. The van der Waals surface area contributed by atoms with Gasteiger partial charge in [0.15, 0.2) is 11.5 Å². The lowest BCUT2D eigenvalue weighted by atomic mass is 10.2. The van der Waals surface area contributed by atoms with Gasteiger partial charge in [-0.05, 0) is 30.3 Å². The van der Waals surface area contributed by atoms with Crippen LogP contribution in [0.2, 0.25) is 0 Å². The number of aromatic nitrogens is 1. The number of benzene rings is 2. The lowest BCUT2D eigenvalue weighted by Gasteiger charge is -2.35. The van der Waals surface area contributed by atoms with Gasteiger partial charge in [0.25, 0.3) is 0 Å². The third-order valence-corrected chi connectivity index (χ3v) is 6.30. The predicted octanol–water partition coefficient (Wildman–Crippen LogP) is 4.16. The summed E-state index contributed by atoms with van der Waals surface area (Å²) in [5, 5.41) is 3.15. The summed E-state index contributed by atoms with van der Waals surface area (Å²) in [5.74, 6) is 2.35. The van der Waals surface area contributed by atoms with E-state index in [1.165, 1.54) is 5.69 Å². The molecule has 1 fully saturated rings. The van der Waals surface area contributed by atoms with Crippen molar-refractivity contribution in [3.63, 3.8) is 0 Å². The Morgan fingerprint density at radius 1 is 0.900 bits per heavy atom. The number of hydrogen-bond donors (Lipinski definition) is 0. The minimum Gasteiger partial charge on any atom is -0.497 e. The van der Waals surface area contributed by atoms with Gasteiger partial charge in [-0.2, -0.15) is 0 Å². The number of methoxy groups -OCH3 is 3. The predicted molar refractivity (Wildman–Crippen MR) is 121 cm³/mol. The molecule has 1 aliphatic heterocycles. The molecule has 0 N–H and O–H groups in total. The van der Waals surface area contributed by atoms with Gasteiger partial charge in [-0.1, -0.05) is 6.07 Å². The van der Waals surface area contributed by atoms with E-state index in [0.717, 1.165) is 66.2 Å². The molecule has 1 aliphatic rings. The molecule has 0 aliphatic carbocycles. The molecule has 4 rings (SSSR count). The number of ether oxygens (including phenoxy) is 3. The fourth-order valence-electron chi connectivity index (χ4n) is 3.68. The first-order chi connectivity index (χ1) is 14.7. The molecule has 158 valence electrons. The zero-order chi connectivity index (χ0) is 20.9. The Balaban J connectivity index is 1.37. The van der Waals surface area contributed by atoms with Crippen LogP contribution in [0.5, 0.6) is 17.2 Å². The van der Waals surface area contributed by atoms with Crippen molar-refractivity contribution in [2.45, 2.75) is 6.54 Å². The van der Waals surface area contributed by atoms with Gasteiger partial charge in [0, 0.05) is 55.4 Å². The molecule has 0 amide bonds. The second-order valence-electron chi connectivity index (χ2n) is 7.18. The summed E-state index contributed by atoms with van der Waals surface area (Å²) in [7, 11) is 5.01. The Morgan fingerprint density at radius 3 is 2.43 bits per heavy atom. The van der Waals surface area contributed by atoms with Crippen molar-refractivity contribution in [2.75, 3.05) is 52.4 Å². The van der Waals surface area contributed by atoms with Crippen LogP contribution < -0.4 is 19.1 Å². The second kappa shape index (κ2) is 9.36. The maximum absolute atomic E-state index is 5.42.